The number of aryl methyl sites for hydroxylation is 1. The van der Waals surface area contributed by atoms with E-state index in [-0.39, 0.29) is 23.2 Å². The van der Waals surface area contributed by atoms with Crippen molar-refractivity contribution in [2.24, 2.45) is 0 Å². The maximum atomic E-state index is 13.6. The summed E-state index contributed by atoms with van der Waals surface area (Å²) in [5, 5.41) is 5.61. The first-order valence-corrected chi connectivity index (χ1v) is 13.8. The molecule has 3 aliphatic heterocycles. The number of ether oxygens (including phenoxy) is 1. The zero-order valence-corrected chi connectivity index (χ0v) is 23.3. The SMILES string of the molecule is Cc1ccc(N2C(=O)NC3c4c2ccnc4SC3C(=O)N[C@@H]2CCCN(C(=O)OC(C)(C)C)C2)cc1C(F)(F)F. The number of benzene rings is 1. The van der Waals surface area contributed by atoms with Crippen molar-refractivity contribution in [3.05, 3.63) is 47.2 Å². The number of amides is 4. The second kappa shape index (κ2) is 10.2. The highest BCUT2D eigenvalue weighted by molar-refractivity contribution is 8.01. The number of nitrogens with zero attached hydrogens (tertiary/aromatic N) is 3. The van der Waals surface area contributed by atoms with Crippen LogP contribution in [0.5, 0.6) is 0 Å². The number of carbonyl (C=O) groups is 3. The molecule has 2 N–H and O–H groups in total. The van der Waals surface area contributed by atoms with Gasteiger partial charge in [0, 0.05) is 30.9 Å². The number of rotatable bonds is 3. The number of likely N-dealkylation sites (tertiary alicyclic amines) is 1. The maximum absolute atomic E-state index is 13.6. The molecule has 0 spiro atoms. The van der Waals surface area contributed by atoms with Gasteiger partial charge in [0.05, 0.1) is 23.0 Å². The van der Waals surface area contributed by atoms with E-state index in [1.54, 1.807) is 31.7 Å². The second-order valence-corrected chi connectivity index (χ2v) is 12.3. The largest absolute Gasteiger partial charge is 0.444 e. The molecule has 0 aliphatic carbocycles. The number of nitrogens with one attached hydrogen (secondary N) is 2. The number of piperidine rings is 1. The van der Waals surface area contributed by atoms with Gasteiger partial charge in [-0.3, -0.25) is 9.69 Å². The standard InChI is InChI=1S/C27H30F3N5O4S/c1-14-7-8-16(12-17(14)27(28,29)30)35-18-9-10-31-23-19(18)20(33-24(35)37)21(40-23)22(36)32-15-6-5-11-34(13-15)25(38)39-26(2,3)4/h7-10,12,15,20-21H,5-6,11,13H2,1-4H3,(H,32,36)(H,33,37)/t15-,20?,21?/m1/s1. The Bertz CT molecular complexity index is 1360. The predicted octanol–water partition coefficient (Wildman–Crippen LogP) is 5.30. The molecule has 214 valence electrons. The molecule has 1 saturated heterocycles. The van der Waals surface area contributed by atoms with Crippen LogP contribution in [0.15, 0.2) is 35.5 Å². The summed E-state index contributed by atoms with van der Waals surface area (Å²) in [4.78, 5) is 46.4. The van der Waals surface area contributed by atoms with E-state index >= 15 is 0 Å². The Morgan fingerprint density at radius 2 is 1.95 bits per heavy atom. The second-order valence-electron chi connectivity index (χ2n) is 11.1. The zero-order chi connectivity index (χ0) is 29.0. The van der Waals surface area contributed by atoms with Gasteiger partial charge in [-0.1, -0.05) is 17.8 Å². The lowest BCUT2D eigenvalue weighted by molar-refractivity contribution is -0.138. The molecule has 3 aliphatic rings. The zero-order valence-electron chi connectivity index (χ0n) is 22.5. The van der Waals surface area contributed by atoms with Crippen LogP contribution in [-0.2, 0) is 15.7 Å². The number of anilines is 2. The number of hydrogen-bond donors (Lipinski definition) is 2. The van der Waals surface area contributed by atoms with Crippen LogP contribution < -0.4 is 15.5 Å². The van der Waals surface area contributed by atoms with Gasteiger partial charge in [0.1, 0.15) is 15.9 Å². The van der Waals surface area contributed by atoms with E-state index in [0.717, 1.165) is 6.07 Å². The first-order valence-electron chi connectivity index (χ1n) is 13.0. The first kappa shape index (κ1) is 28.1. The van der Waals surface area contributed by atoms with Crippen molar-refractivity contribution >= 4 is 41.2 Å². The summed E-state index contributed by atoms with van der Waals surface area (Å²) in [7, 11) is 0. The quantitative estimate of drug-likeness (QED) is 0.513. The molecule has 1 fully saturated rings. The van der Waals surface area contributed by atoms with E-state index in [2.05, 4.69) is 15.6 Å². The van der Waals surface area contributed by atoms with Gasteiger partial charge in [-0.2, -0.15) is 13.2 Å². The highest BCUT2D eigenvalue weighted by Gasteiger charge is 2.47. The van der Waals surface area contributed by atoms with Gasteiger partial charge in [0.2, 0.25) is 5.91 Å². The van der Waals surface area contributed by atoms with Gasteiger partial charge in [0.25, 0.3) is 0 Å². The molecule has 1 aromatic heterocycles. The average Bonchev–Trinajstić information content (AvgIpc) is 3.23. The fraction of sp³-hybridized carbons (Fsp3) is 0.481. The van der Waals surface area contributed by atoms with E-state index in [1.807, 2.05) is 0 Å². The van der Waals surface area contributed by atoms with Gasteiger partial charge in [-0.15, -0.1) is 0 Å². The number of carbonyl (C=O) groups excluding carboxylic acids is 3. The molecule has 2 unspecified atom stereocenters. The van der Waals surface area contributed by atoms with Crippen molar-refractivity contribution in [1.29, 1.82) is 0 Å². The molecular formula is C27H30F3N5O4S. The van der Waals surface area contributed by atoms with Gasteiger partial charge in [-0.05, 0) is 64.3 Å². The van der Waals surface area contributed by atoms with Crippen molar-refractivity contribution < 1.29 is 32.3 Å². The van der Waals surface area contributed by atoms with E-state index in [1.165, 1.54) is 41.9 Å². The lowest BCUT2D eigenvalue weighted by atomic mass is 9.98. The molecule has 9 nitrogen and oxygen atoms in total. The molecule has 0 saturated carbocycles. The number of pyridine rings is 1. The number of aromatic nitrogens is 1. The summed E-state index contributed by atoms with van der Waals surface area (Å²) in [5.41, 5.74) is -0.390. The lowest BCUT2D eigenvalue weighted by Gasteiger charge is -2.36. The van der Waals surface area contributed by atoms with Gasteiger partial charge in [-0.25, -0.2) is 14.6 Å². The molecule has 1 aromatic carbocycles. The summed E-state index contributed by atoms with van der Waals surface area (Å²) >= 11 is 1.19. The molecule has 0 bridgehead atoms. The Morgan fingerprint density at radius 3 is 2.65 bits per heavy atom. The van der Waals surface area contributed by atoms with Crippen LogP contribution in [0, 0.1) is 6.92 Å². The topological polar surface area (TPSA) is 104 Å². The molecule has 2 aromatic rings. The van der Waals surface area contributed by atoms with Crippen LogP contribution in [0.1, 0.15) is 56.3 Å². The number of hydrogen-bond acceptors (Lipinski definition) is 6. The van der Waals surface area contributed by atoms with Crippen molar-refractivity contribution in [3.63, 3.8) is 0 Å². The highest BCUT2D eigenvalue weighted by atomic mass is 32.2. The highest BCUT2D eigenvalue weighted by Crippen LogP contribution is 2.51. The summed E-state index contributed by atoms with van der Waals surface area (Å²) in [6, 6.07) is 3.66. The molecule has 13 heteroatoms. The Morgan fingerprint density at radius 1 is 1.20 bits per heavy atom. The van der Waals surface area contributed by atoms with E-state index in [0.29, 0.717) is 42.2 Å². The van der Waals surface area contributed by atoms with Crippen LogP contribution in [-0.4, -0.2) is 57.9 Å². The van der Waals surface area contributed by atoms with Crippen LogP contribution >= 0.6 is 11.8 Å². The first-order chi connectivity index (χ1) is 18.7. The minimum atomic E-state index is -4.58. The third-order valence-corrected chi connectivity index (χ3v) is 8.26. The van der Waals surface area contributed by atoms with Crippen molar-refractivity contribution in [3.8, 4) is 0 Å². The van der Waals surface area contributed by atoms with E-state index < -0.39 is 40.8 Å². The van der Waals surface area contributed by atoms with Crippen LogP contribution in [0.2, 0.25) is 0 Å². The maximum Gasteiger partial charge on any atom is 0.416 e. The number of urea groups is 1. The minimum Gasteiger partial charge on any atom is -0.444 e. The van der Waals surface area contributed by atoms with E-state index in [4.69, 9.17) is 4.74 Å². The van der Waals surface area contributed by atoms with Crippen LogP contribution in [0.25, 0.3) is 0 Å². The number of thioether (sulfide) groups is 1. The van der Waals surface area contributed by atoms with Crippen LogP contribution in [0.3, 0.4) is 0 Å². The van der Waals surface area contributed by atoms with Gasteiger partial charge >= 0.3 is 18.3 Å². The Balaban J connectivity index is 1.36. The van der Waals surface area contributed by atoms with Crippen molar-refractivity contribution in [2.75, 3.05) is 18.0 Å². The number of alkyl halides is 3. The normalized spacial score (nSPS) is 22.5. The fourth-order valence-corrected chi connectivity index (χ4v) is 6.44. The Labute approximate surface area is 233 Å². The Hall–Kier alpha value is -3.48. The molecule has 5 rings (SSSR count). The van der Waals surface area contributed by atoms with Gasteiger partial charge in [0.15, 0.2) is 0 Å². The van der Waals surface area contributed by atoms with Crippen molar-refractivity contribution in [1.82, 2.24) is 20.5 Å². The smallest absolute Gasteiger partial charge is 0.416 e. The fourth-order valence-electron chi connectivity index (χ4n) is 5.21. The summed E-state index contributed by atoms with van der Waals surface area (Å²) in [6.45, 7) is 7.56. The monoisotopic (exact) mass is 577 g/mol. The third-order valence-electron chi connectivity index (χ3n) is 6.97. The molecule has 4 amide bonds. The molecule has 0 radical (unpaired) electrons. The van der Waals surface area contributed by atoms with Crippen LogP contribution in [0.4, 0.5) is 34.1 Å². The summed E-state index contributed by atoms with van der Waals surface area (Å²) < 4.78 is 46.2. The third kappa shape index (κ3) is 5.43. The molecule has 40 heavy (non-hydrogen) atoms. The lowest BCUT2D eigenvalue weighted by Crippen LogP contribution is -2.54. The number of halogens is 3. The Kier molecular flexibility index (Phi) is 7.13. The molecular weight excluding hydrogens is 547 g/mol. The summed E-state index contributed by atoms with van der Waals surface area (Å²) in [6.07, 6.45) is -2.17. The van der Waals surface area contributed by atoms with Crippen molar-refractivity contribution in [2.45, 2.75) is 74.7 Å². The minimum absolute atomic E-state index is 0.0479. The average molecular weight is 578 g/mol. The summed E-state index contributed by atoms with van der Waals surface area (Å²) in [5.74, 6) is -0.321. The predicted molar refractivity (Wildman–Crippen MR) is 142 cm³/mol. The van der Waals surface area contributed by atoms with E-state index in [9.17, 15) is 27.6 Å². The molecule has 3 atom stereocenters. The molecule has 4 heterocycles. The van der Waals surface area contributed by atoms with Gasteiger partial charge < -0.3 is 20.3 Å².